The van der Waals surface area contributed by atoms with Crippen molar-refractivity contribution in [3.63, 3.8) is 0 Å². The van der Waals surface area contributed by atoms with E-state index in [9.17, 15) is 9.18 Å². The summed E-state index contributed by atoms with van der Waals surface area (Å²) in [5, 5.41) is 6.22. The summed E-state index contributed by atoms with van der Waals surface area (Å²) in [5.74, 6) is -0.166. The fourth-order valence-electron chi connectivity index (χ4n) is 4.20. The molecule has 1 aliphatic heterocycles. The lowest BCUT2D eigenvalue weighted by molar-refractivity contribution is -0.125. The molecule has 3 rings (SSSR count). The SMILES string of the molecule is CCN(CC)c1ccc(CN2C[C@@H](NCc3ccccc3F)C[C@H]2C(=O)NC)cc1. The lowest BCUT2D eigenvalue weighted by atomic mass is 10.1. The predicted molar refractivity (Wildman–Crippen MR) is 120 cm³/mol. The maximum Gasteiger partial charge on any atom is 0.237 e. The van der Waals surface area contributed by atoms with Gasteiger partial charge in [0.25, 0.3) is 0 Å². The first-order valence-electron chi connectivity index (χ1n) is 10.8. The van der Waals surface area contributed by atoms with Gasteiger partial charge >= 0.3 is 0 Å². The molecular weight excluding hydrogens is 379 g/mol. The van der Waals surface area contributed by atoms with E-state index < -0.39 is 0 Å². The maximum atomic E-state index is 13.9. The highest BCUT2D eigenvalue weighted by molar-refractivity contribution is 5.81. The second-order valence-corrected chi connectivity index (χ2v) is 7.80. The fourth-order valence-corrected chi connectivity index (χ4v) is 4.20. The van der Waals surface area contributed by atoms with Crippen LogP contribution in [-0.4, -0.2) is 49.6 Å². The van der Waals surface area contributed by atoms with E-state index >= 15 is 0 Å². The lowest BCUT2D eigenvalue weighted by Gasteiger charge is -2.24. The molecule has 2 aromatic carbocycles. The number of carbonyl (C=O) groups is 1. The predicted octanol–water partition coefficient (Wildman–Crippen LogP) is 3.15. The van der Waals surface area contributed by atoms with Crippen molar-refractivity contribution in [1.82, 2.24) is 15.5 Å². The van der Waals surface area contributed by atoms with E-state index in [-0.39, 0.29) is 23.8 Å². The minimum Gasteiger partial charge on any atom is -0.372 e. The Morgan fingerprint density at radius 1 is 1.13 bits per heavy atom. The van der Waals surface area contributed by atoms with Crippen molar-refractivity contribution in [1.29, 1.82) is 0 Å². The minimum absolute atomic E-state index is 0.0324. The number of halogens is 1. The zero-order chi connectivity index (χ0) is 21.5. The number of amides is 1. The third-order valence-corrected chi connectivity index (χ3v) is 5.94. The summed E-state index contributed by atoms with van der Waals surface area (Å²) in [5.41, 5.74) is 3.06. The topological polar surface area (TPSA) is 47.6 Å². The summed E-state index contributed by atoms with van der Waals surface area (Å²) >= 11 is 0. The van der Waals surface area contributed by atoms with Gasteiger partial charge in [-0.25, -0.2) is 4.39 Å². The summed E-state index contributed by atoms with van der Waals surface area (Å²) in [7, 11) is 1.68. The van der Waals surface area contributed by atoms with Crippen LogP contribution in [0.3, 0.4) is 0 Å². The first-order chi connectivity index (χ1) is 14.5. The van der Waals surface area contributed by atoms with E-state index in [0.717, 1.165) is 19.6 Å². The van der Waals surface area contributed by atoms with Gasteiger partial charge in [0.05, 0.1) is 6.04 Å². The molecule has 1 fully saturated rings. The van der Waals surface area contributed by atoms with Crippen molar-refractivity contribution < 1.29 is 9.18 Å². The van der Waals surface area contributed by atoms with Crippen molar-refractivity contribution in [2.75, 3.05) is 31.6 Å². The van der Waals surface area contributed by atoms with Gasteiger partial charge in [-0.2, -0.15) is 0 Å². The van der Waals surface area contributed by atoms with Crippen LogP contribution >= 0.6 is 0 Å². The largest absolute Gasteiger partial charge is 0.372 e. The molecule has 1 heterocycles. The molecule has 0 radical (unpaired) electrons. The number of likely N-dealkylation sites (N-methyl/N-ethyl adjacent to an activating group) is 1. The number of hydrogen-bond acceptors (Lipinski definition) is 4. The number of nitrogens with one attached hydrogen (secondary N) is 2. The first kappa shape index (κ1) is 22.2. The Hall–Kier alpha value is -2.44. The van der Waals surface area contributed by atoms with E-state index in [1.807, 2.05) is 6.07 Å². The van der Waals surface area contributed by atoms with Crippen LogP contribution in [0.25, 0.3) is 0 Å². The van der Waals surface area contributed by atoms with Crippen LogP contribution in [0.5, 0.6) is 0 Å². The number of benzene rings is 2. The minimum atomic E-state index is -0.198. The van der Waals surface area contributed by atoms with Crippen LogP contribution in [0.2, 0.25) is 0 Å². The van der Waals surface area contributed by atoms with Crippen molar-refractivity contribution in [2.45, 2.75) is 45.4 Å². The fraction of sp³-hybridized carbons (Fsp3) is 0.458. The zero-order valence-electron chi connectivity index (χ0n) is 18.2. The van der Waals surface area contributed by atoms with Gasteiger partial charge < -0.3 is 15.5 Å². The van der Waals surface area contributed by atoms with Crippen LogP contribution in [0, 0.1) is 5.82 Å². The van der Waals surface area contributed by atoms with Gasteiger partial charge in [-0.1, -0.05) is 30.3 Å². The highest BCUT2D eigenvalue weighted by Gasteiger charge is 2.36. The van der Waals surface area contributed by atoms with E-state index in [1.54, 1.807) is 19.2 Å². The average Bonchev–Trinajstić information content (AvgIpc) is 3.17. The van der Waals surface area contributed by atoms with Gasteiger partial charge in [-0.15, -0.1) is 0 Å². The van der Waals surface area contributed by atoms with Crippen LogP contribution in [0.1, 0.15) is 31.4 Å². The number of likely N-dealkylation sites (tertiary alicyclic amines) is 1. The number of carbonyl (C=O) groups excluding carboxylic acids is 1. The molecule has 0 spiro atoms. The molecule has 30 heavy (non-hydrogen) atoms. The molecule has 5 nitrogen and oxygen atoms in total. The second-order valence-electron chi connectivity index (χ2n) is 7.80. The van der Waals surface area contributed by atoms with Crippen LogP contribution in [-0.2, 0) is 17.9 Å². The Morgan fingerprint density at radius 2 is 1.83 bits per heavy atom. The zero-order valence-corrected chi connectivity index (χ0v) is 18.2. The van der Waals surface area contributed by atoms with Crippen LogP contribution < -0.4 is 15.5 Å². The summed E-state index contributed by atoms with van der Waals surface area (Å²) in [6.45, 7) is 8.21. The van der Waals surface area contributed by atoms with Crippen molar-refractivity contribution in [2.24, 2.45) is 0 Å². The lowest BCUT2D eigenvalue weighted by Crippen LogP contribution is -2.41. The summed E-state index contributed by atoms with van der Waals surface area (Å²) in [6.07, 6.45) is 0.714. The molecule has 2 atom stereocenters. The molecule has 0 bridgehead atoms. The maximum absolute atomic E-state index is 13.9. The highest BCUT2D eigenvalue weighted by Crippen LogP contribution is 2.23. The van der Waals surface area contributed by atoms with E-state index in [0.29, 0.717) is 25.1 Å². The molecule has 2 aromatic rings. The molecule has 1 amide bonds. The van der Waals surface area contributed by atoms with Gasteiger partial charge in [0.2, 0.25) is 5.91 Å². The number of anilines is 1. The van der Waals surface area contributed by atoms with Gasteiger partial charge in [0, 0.05) is 57.1 Å². The molecule has 0 unspecified atom stereocenters. The van der Waals surface area contributed by atoms with E-state index in [2.05, 4.69) is 58.5 Å². The third kappa shape index (κ3) is 5.37. The quantitative estimate of drug-likeness (QED) is 0.664. The van der Waals surface area contributed by atoms with Gasteiger partial charge in [0.1, 0.15) is 5.82 Å². The van der Waals surface area contributed by atoms with E-state index in [1.165, 1.54) is 17.3 Å². The summed E-state index contributed by atoms with van der Waals surface area (Å²) in [6, 6.07) is 15.4. The Bertz CT molecular complexity index is 822. The highest BCUT2D eigenvalue weighted by atomic mass is 19.1. The molecule has 0 saturated carbocycles. The number of nitrogens with zero attached hydrogens (tertiary/aromatic N) is 2. The molecule has 2 N–H and O–H groups in total. The van der Waals surface area contributed by atoms with Gasteiger partial charge in [0.15, 0.2) is 0 Å². The Morgan fingerprint density at radius 3 is 2.47 bits per heavy atom. The Labute approximate surface area is 179 Å². The van der Waals surface area contributed by atoms with Crippen molar-refractivity contribution >= 4 is 11.6 Å². The molecule has 162 valence electrons. The van der Waals surface area contributed by atoms with Gasteiger partial charge in [-0.05, 0) is 44.0 Å². The average molecular weight is 413 g/mol. The molecule has 0 aromatic heterocycles. The second kappa shape index (κ2) is 10.5. The van der Waals surface area contributed by atoms with Crippen LogP contribution in [0.4, 0.5) is 10.1 Å². The molecule has 0 aliphatic carbocycles. The normalized spacial score (nSPS) is 19.1. The van der Waals surface area contributed by atoms with E-state index in [4.69, 9.17) is 0 Å². The Kier molecular flexibility index (Phi) is 7.82. The molecule has 1 saturated heterocycles. The molecular formula is C24H33FN4O. The molecule has 1 aliphatic rings. The smallest absolute Gasteiger partial charge is 0.237 e. The summed E-state index contributed by atoms with van der Waals surface area (Å²) < 4.78 is 13.9. The van der Waals surface area contributed by atoms with Crippen molar-refractivity contribution in [3.8, 4) is 0 Å². The van der Waals surface area contributed by atoms with Crippen LogP contribution in [0.15, 0.2) is 48.5 Å². The van der Waals surface area contributed by atoms with Gasteiger partial charge in [-0.3, -0.25) is 9.69 Å². The summed E-state index contributed by atoms with van der Waals surface area (Å²) in [4.78, 5) is 17.0. The number of hydrogen-bond donors (Lipinski definition) is 2. The number of rotatable bonds is 9. The standard InChI is InChI=1S/C24H33FN4O/c1-4-28(5-2)21-12-10-18(11-13-21)16-29-17-20(14-23(29)24(30)26-3)27-15-19-8-6-7-9-22(19)25/h6-13,20,23,27H,4-5,14-17H2,1-3H3,(H,26,30)/t20-,23-/m0/s1. The molecule has 6 heteroatoms. The first-order valence-corrected chi connectivity index (χ1v) is 10.8. The Balaban J connectivity index is 1.64. The monoisotopic (exact) mass is 412 g/mol. The third-order valence-electron chi connectivity index (χ3n) is 5.94. The van der Waals surface area contributed by atoms with Crippen molar-refractivity contribution in [3.05, 3.63) is 65.5 Å².